The van der Waals surface area contributed by atoms with Crippen molar-refractivity contribution in [2.24, 2.45) is 0 Å². The van der Waals surface area contributed by atoms with Gasteiger partial charge in [0, 0.05) is 26.2 Å². The molecule has 0 spiro atoms. The average Bonchev–Trinajstić information content (AvgIpc) is 2.21. The Morgan fingerprint density at radius 3 is 1.95 bits per heavy atom. The molecular formula is C13H23IN2O3. The standard InChI is InChI=1S/C10H15NO.C3H7NO2.HI/c1-8-7-9(11(2,3)4)5-6-10(8)12;1-4(2)3(5)6;/h5-7H,1-4H3;1-2H3,(H,5,6);1H. The van der Waals surface area contributed by atoms with Crippen LogP contribution in [0, 0.1) is 6.92 Å². The third kappa shape index (κ3) is 7.89. The molecule has 0 radical (unpaired) electrons. The number of hydrogen-bond acceptors (Lipinski definition) is 3. The van der Waals surface area contributed by atoms with Crippen LogP contribution < -0.4 is 9.59 Å². The Morgan fingerprint density at radius 1 is 1.26 bits per heavy atom. The van der Waals surface area contributed by atoms with Crippen LogP contribution in [0.5, 0.6) is 5.75 Å². The third-order valence-corrected chi connectivity index (χ3v) is 2.32. The van der Waals surface area contributed by atoms with Crippen LogP contribution in [0.1, 0.15) is 5.56 Å². The molecular weight excluding hydrogens is 359 g/mol. The Balaban J connectivity index is 0. The molecule has 0 saturated carbocycles. The molecule has 0 aromatic heterocycles. The van der Waals surface area contributed by atoms with Crippen molar-refractivity contribution in [3.8, 4) is 5.75 Å². The molecule has 0 fully saturated rings. The fourth-order valence-corrected chi connectivity index (χ4v) is 1.06. The number of amides is 1. The van der Waals surface area contributed by atoms with Crippen molar-refractivity contribution in [1.82, 2.24) is 9.38 Å². The van der Waals surface area contributed by atoms with Crippen LogP contribution >= 0.6 is 24.0 Å². The molecule has 6 heteroatoms. The van der Waals surface area contributed by atoms with Gasteiger partial charge in [-0.25, -0.2) is 0 Å². The van der Waals surface area contributed by atoms with Gasteiger partial charge in [0.25, 0.3) is 0 Å². The maximum atomic E-state index is 9.51. The lowest BCUT2D eigenvalue weighted by Crippen LogP contribution is -2.35. The highest BCUT2D eigenvalue weighted by Gasteiger charge is 2.12. The van der Waals surface area contributed by atoms with Crippen LogP contribution in [0.3, 0.4) is 0 Å². The van der Waals surface area contributed by atoms with E-state index in [1.807, 2.05) is 19.1 Å². The van der Waals surface area contributed by atoms with E-state index in [4.69, 9.17) is 0 Å². The second-order valence-corrected chi connectivity index (χ2v) is 5.14. The molecule has 0 aliphatic rings. The van der Waals surface area contributed by atoms with Crippen molar-refractivity contribution in [1.29, 1.82) is 0 Å². The molecule has 1 N–H and O–H groups in total. The zero-order chi connectivity index (χ0) is 14.5. The number of carbonyl (C=O) groups is 1. The Hall–Kier alpha value is -1.02. The summed E-state index contributed by atoms with van der Waals surface area (Å²) in [6.45, 7) is 1.91. The van der Waals surface area contributed by atoms with Crippen LogP contribution in [0.25, 0.3) is 0 Å². The molecule has 1 aromatic carbocycles. The summed E-state index contributed by atoms with van der Waals surface area (Å²) in [6, 6.07) is 5.70. The van der Waals surface area contributed by atoms with Gasteiger partial charge in [-0.15, -0.1) is 24.0 Å². The van der Waals surface area contributed by atoms with E-state index >= 15 is 0 Å². The molecule has 1 aromatic rings. The number of phenols is 1. The van der Waals surface area contributed by atoms with Crippen molar-refractivity contribution >= 4 is 35.8 Å². The minimum atomic E-state index is -1.16. The number of nitrogens with zero attached hydrogens (tertiary/aromatic N) is 2. The van der Waals surface area contributed by atoms with E-state index in [2.05, 4.69) is 21.1 Å². The van der Waals surface area contributed by atoms with E-state index in [1.54, 1.807) is 6.07 Å². The molecule has 0 aliphatic carbocycles. The molecule has 1 amide bonds. The van der Waals surface area contributed by atoms with E-state index in [0.29, 0.717) is 5.75 Å². The molecule has 110 valence electrons. The summed E-state index contributed by atoms with van der Waals surface area (Å²) in [5.41, 5.74) is 2.13. The Kier molecular flexibility index (Phi) is 8.77. The maximum Gasteiger partial charge on any atom is 0.136 e. The fraction of sp³-hybridized carbons (Fsp3) is 0.462. The topological polar surface area (TPSA) is 63.6 Å². The number of quaternary nitrogens is 1. The molecule has 0 heterocycles. The normalized spacial score (nSPS) is 9.79. The number of hydrogen-bond donors (Lipinski definition) is 1. The second kappa shape index (κ2) is 8.21. The van der Waals surface area contributed by atoms with Gasteiger partial charge < -0.3 is 19.9 Å². The van der Waals surface area contributed by atoms with Gasteiger partial charge in [0.1, 0.15) is 17.5 Å². The van der Waals surface area contributed by atoms with Gasteiger partial charge in [0.15, 0.2) is 0 Å². The van der Waals surface area contributed by atoms with Gasteiger partial charge in [0.05, 0.1) is 21.1 Å². The van der Waals surface area contributed by atoms with Crippen molar-refractivity contribution < 1.29 is 15.0 Å². The number of aryl methyl sites for hydroxylation is 1. The number of benzene rings is 1. The zero-order valence-corrected chi connectivity index (χ0v) is 14.6. The average molecular weight is 382 g/mol. The highest BCUT2D eigenvalue weighted by atomic mass is 127. The summed E-state index contributed by atoms with van der Waals surface area (Å²) in [5.74, 6) is 0.368. The smallest absolute Gasteiger partial charge is 0.136 e. The lowest BCUT2D eigenvalue weighted by atomic mass is 10.2. The van der Waals surface area contributed by atoms with E-state index in [1.165, 1.54) is 19.8 Å². The lowest BCUT2D eigenvalue weighted by molar-refractivity contribution is -0.262. The number of carboxylic acid groups (broad SMARTS) is 1. The predicted molar refractivity (Wildman–Crippen MR) is 86.9 cm³/mol. The van der Waals surface area contributed by atoms with Gasteiger partial charge in [-0.2, -0.15) is 0 Å². The predicted octanol–water partition coefficient (Wildman–Crippen LogP) is 1.41. The van der Waals surface area contributed by atoms with Gasteiger partial charge in [-0.1, -0.05) is 0 Å². The number of halogens is 1. The molecule has 0 unspecified atom stereocenters. The Labute approximate surface area is 132 Å². The number of rotatable bonds is 1. The highest BCUT2D eigenvalue weighted by molar-refractivity contribution is 14.0. The number of phenolic OH excluding ortho intramolecular Hbond substituents is 1. The molecule has 0 atom stereocenters. The van der Waals surface area contributed by atoms with Crippen molar-refractivity contribution in [3.63, 3.8) is 0 Å². The first-order valence-electron chi connectivity index (χ1n) is 5.55. The van der Waals surface area contributed by atoms with E-state index in [0.717, 1.165) is 14.9 Å². The first kappa shape index (κ1) is 20.3. The van der Waals surface area contributed by atoms with Crippen LogP contribution in [0.15, 0.2) is 18.2 Å². The quantitative estimate of drug-likeness (QED) is 0.590. The molecule has 5 nitrogen and oxygen atoms in total. The minimum Gasteiger partial charge on any atom is -0.530 e. The maximum absolute atomic E-state index is 9.51. The van der Waals surface area contributed by atoms with Crippen LogP contribution in [-0.4, -0.2) is 51.3 Å². The van der Waals surface area contributed by atoms with Crippen LogP contribution in [0.4, 0.5) is 10.5 Å². The summed E-state index contributed by atoms with van der Waals surface area (Å²) in [7, 11) is 9.13. The Bertz CT molecular complexity index is 415. The molecule has 0 bridgehead atoms. The van der Waals surface area contributed by atoms with E-state index < -0.39 is 6.09 Å². The van der Waals surface area contributed by atoms with Crippen LogP contribution in [0.2, 0.25) is 0 Å². The van der Waals surface area contributed by atoms with Crippen molar-refractivity contribution in [2.75, 3.05) is 35.2 Å². The van der Waals surface area contributed by atoms with E-state index in [9.17, 15) is 15.0 Å². The summed E-state index contributed by atoms with van der Waals surface area (Å²) in [4.78, 5) is 10.5. The van der Waals surface area contributed by atoms with Crippen LogP contribution in [-0.2, 0) is 0 Å². The van der Waals surface area contributed by atoms with E-state index in [-0.39, 0.29) is 24.0 Å². The van der Waals surface area contributed by atoms with Gasteiger partial charge in [-0.05, 0) is 18.6 Å². The first-order chi connectivity index (χ1) is 8.05. The fourth-order valence-electron chi connectivity index (χ4n) is 1.06. The van der Waals surface area contributed by atoms with Crippen molar-refractivity contribution in [2.45, 2.75) is 6.92 Å². The third-order valence-electron chi connectivity index (χ3n) is 2.32. The summed E-state index contributed by atoms with van der Waals surface area (Å²) >= 11 is 0. The Morgan fingerprint density at radius 2 is 1.68 bits per heavy atom. The lowest BCUT2D eigenvalue weighted by Gasteiger charge is -2.23. The minimum absolute atomic E-state index is 0. The summed E-state index contributed by atoms with van der Waals surface area (Å²) in [6.07, 6.45) is -1.16. The van der Waals surface area contributed by atoms with Gasteiger partial charge in [0.2, 0.25) is 0 Å². The van der Waals surface area contributed by atoms with Gasteiger partial charge >= 0.3 is 0 Å². The molecule has 19 heavy (non-hydrogen) atoms. The number of carbonyl (C=O) groups excluding carboxylic acids is 1. The zero-order valence-electron chi connectivity index (χ0n) is 12.3. The van der Waals surface area contributed by atoms with Gasteiger partial charge in [-0.3, -0.25) is 4.48 Å². The number of aromatic hydroxyl groups is 1. The summed E-state index contributed by atoms with van der Waals surface area (Å²) in [5, 5.41) is 18.8. The second-order valence-electron chi connectivity index (χ2n) is 5.14. The largest absolute Gasteiger partial charge is 0.530 e. The first-order valence-corrected chi connectivity index (χ1v) is 5.55. The highest BCUT2D eigenvalue weighted by Crippen LogP contribution is 2.24. The monoisotopic (exact) mass is 382 g/mol. The molecule has 0 aliphatic heterocycles. The SMILES string of the molecule is CN(C)C(=O)[O-].Cc1cc([N+](C)(C)C)ccc1O.I. The molecule has 0 saturated heterocycles. The van der Waals surface area contributed by atoms with Crippen molar-refractivity contribution in [3.05, 3.63) is 23.8 Å². The summed E-state index contributed by atoms with van der Waals surface area (Å²) < 4.78 is 0.779. The molecule has 1 rings (SSSR count).